The van der Waals surface area contributed by atoms with Gasteiger partial charge in [0, 0.05) is 12.6 Å². The molecule has 6 nitrogen and oxygen atoms in total. The van der Waals surface area contributed by atoms with Gasteiger partial charge in [0.2, 0.25) is 10.0 Å². The summed E-state index contributed by atoms with van der Waals surface area (Å²) < 4.78 is 45.0. The number of benzene rings is 2. The fourth-order valence-electron chi connectivity index (χ4n) is 2.17. The van der Waals surface area contributed by atoms with Crippen LogP contribution in [-0.4, -0.2) is 46.0 Å². The average Bonchev–Trinajstić information content (AvgIpc) is 2.67. The van der Waals surface area contributed by atoms with Crippen molar-refractivity contribution in [2.45, 2.75) is 4.90 Å². The van der Waals surface area contributed by atoms with Gasteiger partial charge in [-0.3, -0.25) is 4.79 Å². The lowest BCUT2D eigenvalue weighted by Crippen LogP contribution is -2.31. The van der Waals surface area contributed by atoms with Crippen LogP contribution in [0.1, 0.15) is 10.4 Å². The monoisotopic (exact) mass is 390 g/mol. The first-order valence-corrected chi connectivity index (χ1v) is 9.49. The van der Waals surface area contributed by atoms with E-state index in [9.17, 15) is 17.6 Å². The normalized spacial score (nSPS) is 10.9. The fraction of sp³-hybridized carbons (Fsp3) is 0.211. The van der Waals surface area contributed by atoms with E-state index in [4.69, 9.17) is 11.2 Å². The predicted molar refractivity (Wildman–Crippen MR) is 99.3 cm³/mol. The molecule has 2 aromatic rings. The van der Waals surface area contributed by atoms with Crippen LogP contribution in [0.3, 0.4) is 0 Å². The van der Waals surface area contributed by atoms with E-state index < -0.39 is 15.8 Å². The molecule has 0 saturated carbocycles. The highest BCUT2D eigenvalue weighted by Crippen LogP contribution is 2.15. The molecule has 8 heteroatoms. The quantitative estimate of drug-likeness (QED) is 0.699. The number of hydrogen-bond acceptors (Lipinski definition) is 4. The van der Waals surface area contributed by atoms with E-state index in [1.54, 1.807) is 19.2 Å². The van der Waals surface area contributed by atoms with Gasteiger partial charge in [0.05, 0.1) is 18.0 Å². The number of sulfonamides is 1. The lowest BCUT2D eigenvalue weighted by molar-refractivity contribution is 0.0773. The van der Waals surface area contributed by atoms with Gasteiger partial charge in [0.1, 0.15) is 6.61 Å². The second kappa shape index (κ2) is 9.16. The number of amides is 1. The Morgan fingerprint density at radius 3 is 2.52 bits per heavy atom. The summed E-state index contributed by atoms with van der Waals surface area (Å²) in [5, 5.41) is 0. The third-order valence-corrected chi connectivity index (χ3v) is 5.06. The highest BCUT2D eigenvalue weighted by atomic mass is 32.2. The van der Waals surface area contributed by atoms with Crippen LogP contribution >= 0.6 is 0 Å². The number of likely N-dealkylation sites (N-methyl/N-ethyl adjacent to an activating group) is 1. The summed E-state index contributed by atoms with van der Waals surface area (Å²) in [7, 11) is -2.13. The minimum Gasteiger partial charge on any atom is -0.489 e. The molecule has 0 fully saturated rings. The van der Waals surface area contributed by atoms with Crippen molar-refractivity contribution in [2.75, 3.05) is 26.7 Å². The Morgan fingerprint density at radius 2 is 1.89 bits per heavy atom. The standard InChI is InChI=1S/C19H19FN2O4S/c1-3-12-21-27(24,25)16-10-8-15(9-11-16)19(23)22(2)13-14-26-18-7-5-4-6-17(18)20/h1,4-11,21H,12-14H2,2H3. The van der Waals surface area contributed by atoms with Gasteiger partial charge in [-0.05, 0) is 36.4 Å². The molecule has 0 aliphatic rings. The molecule has 0 aromatic heterocycles. The Hall–Kier alpha value is -2.89. The molecular formula is C19H19FN2O4S. The van der Waals surface area contributed by atoms with Crippen molar-refractivity contribution in [3.63, 3.8) is 0 Å². The van der Waals surface area contributed by atoms with E-state index in [2.05, 4.69) is 10.6 Å². The van der Waals surface area contributed by atoms with Gasteiger partial charge >= 0.3 is 0 Å². The lowest BCUT2D eigenvalue weighted by Gasteiger charge is -2.18. The fourth-order valence-corrected chi connectivity index (χ4v) is 3.11. The summed E-state index contributed by atoms with van der Waals surface area (Å²) in [5.74, 6) is 1.52. The van der Waals surface area contributed by atoms with Crippen LogP contribution in [0.2, 0.25) is 0 Å². The number of nitrogens with zero attached hydrogens (tertiary/aromatic N) is 1. The number of hydrogen-bond donors (Lipinski definition) is 1. The van der Waals surface area contributed by atoms with Crippen molar-refractivity contribution in [2.24, 2.45) is 0 Å². The maximum atomic E-state index is 13.5. The van der Waals surface area contributed by atoms with Crippen LogP contribution in [0.4, 0.5) is 4.39 Å². The van der Waals surface area contributed by atoms with Crippen molar-refractivity contribution in [1.82, 2.24) is 9.62 Å². The van der Waals surface area contributed by atoms with Gasteiger partial charge in [-0.25, -0.2) is 12.8 Å². The van der Waals surface area contributed by atoms with Crippen LogP contribution in [0, 0.1) is 18.2 Å². The third kappa shape index (κ3) is 5.54. The van der Waals surface area contributed by atoms with Crippen molar-refractivity contribution in [3.8, 4) is 18.1 Å². The molecule has 0 spiro atoms. The van der Waals surface area contributed by atoms with E-state index in [0.29, 0.717) is 5.56 Å². The highest BCUT2D eigenvalue weighted by Gasteiger charge is 2.16. The zero-order valence-electron chi connectivity index (χ0n) is 14.7. The number of nitrogens with one attached hydrogen (secondary N) is 1. The molecule has 2 rings (SSSR count). The largest absolute Gasteiger partial charge is 0.489 e. The van der Waals surface area contributed by atoms with Gasteiger partial charge < -0.3 is 9.64 Å². The van der Waals surface area contributed by atoms with Crippen molar-refractivity contribution < 1.29 is 22.3 Å². The van der Waals surface area contributed by atoms with E-state index in [0.717, 1.165) is 0 Å². The van der Waals surface area contributed by atoms with Crippen molar-refractivity contribution >= 4 is 15.9 Å². The van der Waals surface area contributed by atoms with E-state index in [1.807, 2.05) is 0 Å². The van der Waals surface area contributed by atoms with Crippen molar-refractivity contribution in [3.05, 3.63) is 59.9 Å². The molecule has 0 aliphatic carbocycles. The van der Waals surface area contributed by atoms with Crippen LogP contribution in [-0.2, 0) is 10.0 Å². The molecule has 142 valence electrons. The lowest BCUT2D eigenvalue weighted by atomic mass is 10.2. The number of carbonyl (C=O) groups excluding carboxylic acids is 1. The zero-order chi connectivity index (χ0) is 19.9. The minimum absolute atomic E-state index is 0.0137. The number of ether oxygens (including phenoxy) is 1. The molecule has 0 heterocycles. The number of para-hydroxylation sites is 1. The average molecular weight is 390 g/mol. The Morgan fingerprint density at radius 1 is 1.22 bits per heavy atom. The summed E-state index contributed by atoms with van der Waals surface area (Å²) >= 11 is 0. The predicted octanol–water partition coefficient (Wildman–Crippen LogP) is 1.89. The Labute approximate surface area is 158 Å². The van der Waals surface area contributed by atoms with Gasteiger partial charge in [-0.1, -0.05) is 18.1 Å². The number of terminal acetylenes is 1. The van der Waals surface area contributed by atoms with E-state index in [1.165, 1.54) is 41.3 Å². The molecule has 1 amide bonds. The Bertz CT molecular complexity index is 937. The Balaban J connectivity index is 1.94. The van der Waals surface area contributed by atoms with Gasteiger partial charge in [0.25, 0.3) is 5.91 Å². The maximum absolute atomic E-state index is 13.5. The van der Waals surface area contributed by atoms with Crippen LogP contribution in [0.25, 0.3) is 0 Å². The summed E-state index contributed by atoms with van der Waals surface area (Å²) in [5.41, 5.74) is 0.319. The summed E-state index contributed by atoms with van der Waals surface area (Å²) in [6.07, 6.45) is 5.04. The SMILES string of the molecule is C#CCNS(=O)(=O)c1ccc(C(=O)N(C)CCOc2ccccc2F)cc1. The number of halogens is 1. The minimum atomic E-state index is -3.71. The molecule has 0 radical (unpaired) electrons. The van der Waals surface area contributed by atoms with Gasteiger partial charge in [-0.2, -0.15) is 4.72 Å². The topological polar surface area (TPSA) is 75.7 Å². The number of carbonyl (C=O) groups is 1. The second-order valence-corrected chi connectivity index (χ2v) is 7.33. The number of rotatable bonds is 8. The molecule has 27 heavy (non-hydrogen) atoms. The second-order valence-electron chi connectivity index (χ2n) is 5.56. The molecule has 0 atom stereocenters. The first-order valence-electron chi connectivity index (χ1n) is 8.01. The Kier molecular flexibility index (Phi) is 6.93. The van der Waals surface area contributed by atoms with Crippen molar-refractivity contribution in [1.29, 1.82) is 0 Å². The molecule has 2 aromatic carbocycles. The van der Waals surface area contributed by atoms with E-state index >= 15 is 0 Å². The van der Waals surface area contributed by atoms with Crippen LogP contribution < -0.4 is 9.46 Å². The van der Waals surface area contributed by atoms with Crippen LogP contribution in [0.5, 0.6) is 5.75 Å². The summed E-state index contributed by atoms with van der Waals surface area (Å²) in [6, 6.07) is 11.5. The summed E-state index contributed by atoms with van der Waals surface area (Å²) in [6.45, 7) is 0.232. The first-order chi connectivity index (χ1) is 12.8. The third-order valence-electron chi connectivity index (χ3n) is 3.64. The highest BCUT2D eigenvalue weighted by molar-refractivity contribution is 7.89. The first kappa shape index (κ1) is 20.4. The molecule has 0 saturated heterocycles. The molecular weight excluding hydrogens is 371 g/mol. The van der Waals surface area contributed by atoms with Gasteiger partial charge in [-0.15, -0.1) is 6.42 Å². The van der Waals surface area contributed by atoms with Gasteiger partial charge in [0.15, 0.2) is 11.6 Å². The zero-order valence-corrected chi connectivity index (χ0v) is 15.5. The molecule has 0 unspecified atom stereocenters. The smallest absolute Gasteiger partial charge is 0.253 e. The molecule has 0 bridgehead atoms. The molecule has 1 N–H and O–H groups in total. The van der Waals surface area contributed by atoms with E-state index in [-0.39, 0.29) is 36.2 Å². The van der Waals surface area contributed by atoms with Crippen LogP contribution in [0.15, 0.2) is 53.4 Å². The molecule has 0 aliphatic heterocycles. The maximum Gasteiger partial charge on any atom is 0.253 e. The summed E-state index contributed by atoms with van der Waals surface area (Å²) in [4.78, 5) is 13.8.